The van der Waals surface area contributed by atoms with Crippen molar-refractivity contribution in [2.24, 2.45) is 7.05 Å². The van der Waals surface area contributed by atoms with Crippen molar-refractivity contribution in [2.45, 2.75) is 17.3 Å². The largest absolute Gasteiger partial charge is 0.495 e. The predicted octanol–water partition coefficient (Wildman–Crippen LogP) is 4.86. The number of rotatable bonds is 7. The van der Waals surface area contributed by atoms with Gasteiger partial charge in [-0.25, -0.2) is 0 Å². The summed E-state index contributed by atoms with van der Waals surface area (Å²) < 4.78 is 12.7. The molecule has 0 aliphatic rings. The molecule has 8 heteroatoms. The lowest BCUT2D eigenvalue weighted by atomic mass is 10.1. The summed E-state index contributed by atoms with van der Waals surface area (Å²) in [6.07, 6.45) is 1.59. The molecular weight excluding hydrogens is 412 g/mol. The van der Waals surface area contributed by atoms with Crippen LogP contribution in [-0.4, -0.2) is 27.8 Å². The maximum Gasteiger partial charge on any atom is 0.242 e. The number of furan rings is 1. The molecule has 4 rings (SSSR count). The Kier molecular flexibility index (Phi) is 6.08. The Bertz CT molecular complexity index is 1170. The highest BCUT2D eigenvalue weighted by Crippen LogP contribution is 2.37. The fourth-order valence-corrected chi connectivity index (χ4v) is 4.16. The summed E-state index contributed by atoms with van der Waals surface area (Å²) in [5.41, 5.74) is 2.51. The molecule has 0 spiro atoms. The first-order valence-electron chi connectivity index (χ1n) is 9.67. The van der Waals surface area contributed by atoms with E-state index in [2.05, 4.69) is 15.5 Å². The number of ether oxygens (including phenoxy) is 1. The molecular formula is C23H22N4O3S. The highest BCUT2D eigenvalue weighted by Gasteiger charge is 2.26. The van der Waals surface area contributed by atoms with Gasteiger partial charge in [0.05, 0.1) is 19.1 Å². The highest BCUT2D eigenvalue weighted by molar-refractivity contribution is 8.00. The van der Waals surface area contributed by atoms with Gasteiger partial charge in [0.1, 0.15) is 11.0 Å². The molecule has 0 radical (unpaired) electrons. The molecule has 0 aliphatic heterocycles. The standard InChI is InChI=1S/C23H22N4O3S/c1-15-11-12-18(29-3)17(14-15)24-22(28)20(16-8-5-4-6-9-16)31-23-26-25-21(27(23)2)19-10-7-13-30-19/h4-14,20H,1-3H3,(H,24,28)/t20-/m0/s1. The molecule has 1 atom stereocenters. The molecule has 0 fully saturated rings. The van der Waals surface area contributed by atoms with E-state index in [4.69, 9.17) is 9.15 Å². The van der Waals surface area contributed by atoms with Gasteiger partial charge in [0, 0.05) is 7.05 Å². The third-order valence-corrected chi connectivity index (χ3v) is 6.04. The Hall–Kier alpha value is -3.52. The van der Waals surface area contributed by atoms with Gasteiger partial charge >= 0.3 is 0 Å². The van der Waals surface area contributed by atoms with Crippen molar-refractivity contribution < 1.29 is 13.9 Å². The molecule has 4 aromatic rings. The third kappa shape index (κ3) is 4.49. The first kappa shape index (κ1) is 20.7. The molecule has 0 saturated heterocycles. The minimum absolute atomic E-state index is 0.178. The molecule has 1 N–H and O–H groups in total. The van der Waals surface area contributed by atoms with Crippen LogP contribution in [0.2, 0.25) is 0 Å². The van der Waals surface area contributed by atoms with Crippen molar-refractivity contribution in [3.8, 4) is 17.3 Å². The van der Waals surface area contributed by atoms with Crippen molar-refractivity contribution in [3.05, 3.63) is 78.1 Å². The van der Waals surface area contributed by atoms with Crippen LogP contribution >= 0.6 is 11.8 Å². The van der Waals surface area contributed by atoms with E-state index in [1.807, 2.05) is 73.1 Å². The molecule has 2 aromatic carbocycles. The topological polar surface area (TPSA) is 82.2 Å². The number of hydrogen-bond donors (Lipinski definition) is 1. The van der Waals surface area contributed by atoms with Gasteiger partial charge in [-0.15, -0.1) is 10.2 Å². The fraction of sp³-hybridized carbons (Fsp3) is 0.174. The SMILES string of the molecule is COc1ccc(C)cc1NC(=O)[C@@H](Sc1nnc(-c2ccco2)n1C)c1ccccc1. The summed E-state index contributed by atoms with van der Waals surface area (Å²) in [6, 6.07) is 18.9. The molecule has 0 aliphatic carbocycles. The van der Waals surface area contributed by atoms with Crippen LogP contribution in [0.25, 0.3) is 11.6 Å². The summed E-state index contributed by atoms with van der Waals surface area (Å²) in [4.78, 5) is 13.4. The van der Waals surface area contributed by atoms with Crippen LogP contribution in [0.4, 0.5) is 5.69 Å². The summed E-state index contributed by atoms with van der Waals surface area (Å²) >= 11 is 1.33. The van der Waals surface area contributed by atoms with Crippen LogP contribution in [0, 0.1) is 6.92 Å². The molecule has 0 unspecified atom stereocenters. The summed E-state index contributed by atoms with van der Waals surface area (Å²) in [5, 5.41) is 11.6. The van der Waals surface area contributed by atoms with Gasteiger partial charge in [-0.2, -0.15) is 0 Å². The Morgan fingerprint density at radius 3 is 2.65 bits per heavy atom. The zero-order valence-electron chi connectivity index (χ0n) is 17.4. The van der Waals surface area contributed by atoms with E-state index < -0.39 is 5.25 Å². The number of aromatic nitrogens is 3. The van der Waals surface area contributed by atoms with E-state index in [1.165, 1.54) is 11.8 Å². The maximum atomic E-state index is 13.4. The number of thioether (sulfide) groups is 1. The first-order chi connectivity index (χ1) is 15.1. The van der Waals surface area contributed by atoms with E-state index in [0.717, 1.165) is 11.1 Å². The van der Waals surface area contributed by atoms with Crippen LogP contribution in [0.1, 0.15) is 16.4 Å². The number of carbonyl (C=O) groups excluding carboxylic acids is 1. The van der Waals surface area contributed by atoms with Crippen molar-refractivity contribution in [2.75, 3.05) is 12.4 Å². The number of hydrogen-bond acceptors (Lipinski definition) is 6. The summed E-state index contributed by atoms with van der Waals surface area (Å²) in [6.45, 7) is 1.97. The number of nitrogens with zero attached hydrogens (tertiary/aromatic N) is 3. The van der Waals surface area contributed by atoms with Gasteiger partial charge in [0.2, 0.25) is 5.91 Å². The fourth-order valence-electron chi connectivity index (χ4n) is 3.16. The molecule has 2 aromatic heterocycles. The third-order valence-electron chi connectivity index (χ3n) is 4.75. The molecule has 1 amide bonds. The second kappa shape index (κ2) is 9.09. The van der Waals surface area contributed by atoms with Gasteiger partial charge < -0.3 is 19.0 Å². The van der Waals surface area contributed by atoms with E-state index in [0.29, 0.717) is 28.2 Å². The number of nitrogens with one attached hydrogen (secondary N) is 1. The van der Waals surface area contributed by atoms with Crippen molar-refractivity contribution in [1.82, 2.24) is 14.8 Å². The van der Waals surface area contributed by atoms with E-state index in [9.17, 15) is 4.79 Å². The van der Waals surface area contributed by atoms with Gasteiger partial charge in [-0.05, 0) is 42.3 Å². The van der Waals surface area contributed by atoms with Gasteiger partial charge in [0.25, 0.3) is 0 Å². The normalized spacial score (nSPS) is 11.8. The van der Waals surface area contributed by atoms with Gasteiger partial charge in [0.15, 0.2) is 16.7 Å². The average molecular weight is 435 g/mol. The van der Waals surface area contributed by atoms with Crippen LogP contribution in [-0.2, 0) is 11.8 Å². The minimum atomic E-state index is -0.543. The lowest BCUT2D eigenvalue weighted by Crippen LogP contribution is -2.20. The zero-order valence-corrected chi connectivity index (χ0v) is 18.2. The van der Waals surface area contributed by atoms with Crippen LogP contribution in [0.5, 0.6) is 5.75 Å². The second-order valence-electron chi connectivity index (χ2n) is 6.94. The Morgan fingerprint density at radius 1 is 1.13 bits per heavy atom. The van der Waals surface area contributed by atoms with Crippen LogP contribution in [0.15, 0.2) is 76.5 Å². The first-order valence-corrected chi connectivity index (χ1v) is 10.5. The number of aryl methyl sites for hydroxylation is 1. The van der Waals surface area contributed by atoms with E-state index in [-0.39, 0.29) is 5.91 Å². The Balaban J connectivity index is 1.65. The second-order valence-corrected chi connectivity index (χ2v) is 8.02. The minimum Gasteiger partial charge on any atom is -0.495 e. The molecule has 158 valence electrons. The number of benzene rings is 2. The predicted molar refractivity (Wildman–Crippen MR) is 120 cm³/mol. The lowest BCUT2D eigenvalue weighted by Gasteiger charge is -2.18. The number of amides is 1. The summed E-state index contributed by atoms with van der Waals surface area (Å²) in [5.74, 6) is 1.64. The van der Waals surface area contributed by atoms with Crippen molar-refractivity contribution in [1.29, 1.82) is 0 Å². The van der Waals surface area contributed by atoms with Crippen molar-refractivity contribution >= 4 is 23.4 Å². The maximum absolute atomic E-state index is 13.4. The smallest absolute Gasteiger partial charge is 0.242 e. The van der Waals surface area contributed by atoms with Gasteiger partial charge in [-0.1, -0.05) is 48.2 Å². The molecule has 31 heavy (non-hydrogen) atoms. The number of anilines is 1. The molecule has 0 bridgehead atoms. The number of carbonyl (C=O) groups is 1. The quantitative estimate of drug-likeness (QED) is 0.418. The molecule has 7 nitrogen and oxygen atoms in total. The highest BCUT2D eigenvalue weighted by atomic mass is 32.2. The van der Waals surface area contributed by atoms with Crippen LogP contribution < -0.4 is 10.1 Å². The lowest BCUT2D eigenvalue weighted by molar-refractivity contribution is -0.115. The van der Waals surface area contributed by atoms with Gasteiger partial charge in [-0.3, -0.25) is 4.79 Å². The van der Waals surface area contributed by atoms with Crippen molar-refractivity contribution in [3.63, 3.8) is 0 Å². The summed E-state index contributed by atoms with van der Waals surface area (Å²) in [7, 11) is 3.43. The van der Waals surface area contributed by atoms with E-state index >= 15 is 0 Å². The number of methoxy groups -OCH3 is 1. The van der Waals surface area contributed by atoms with E-state index in [1.54, 1.807) is 19.4 Å². The molecule has 2 heterocycles. The molecule has 0 saturated carbocycles. The van der Waals surface area contributed by atoms with Crippen LogP contribution in [0.3, 0.4) is 0 Å². The zero-order chi connectivity index (χ0) is 21.8. The average Bonchev–Trinajstić information content (AvgIpc) is 3.42. The Labute approximate surface area is 184 Å². The Morgan fingerprint density at radius 2 is 1.94 bits per heavy atom. The monoisotopic (exact) mass is 434 g/mol.